The Morgan fingerprint density at radius 2 is 2.00 bits per heavy atom. The van der Waals surface area contributed by atoms with Crippen LogP contribution in [0, 0.1) is 23.0 Å². The summed E-state index contributed by atoms with van der Waals surface area (Å²) < 4.78 is 65.0. The number of halogens is 2. The topological polar surface area (TPSA) is 138 Å². The molecule has 180 valence electrons. The maximum atomic E-state index is 15.5. The molecule has 0 spiro atoms. The maximum Gasteiger partial charge on any atom is 0.267 e. The van der Waals surface area contributed by atoms with Gasteiger partial charge in [0, 0.05) is 30.4 Å². The van der Waals surface area contributed by atoms with Crippen molar-refractivity contribution in [1.82, 2.24) is 24.3 Å². The summed E-state index contributed by atoms with van der Waals surface area (Å²) in [7, 11) is -3.25. The third-order valence-corrected chi connectivity index (χ3v) is 6.67. The minimum absolute atomic E-state index is 0.0426. The minimum atomic E-state index is -4.46. The molecule has 0 aliphatic heterocycles. The molecule has 0 saturated heterocycles. The van der Waals surface area contributed by atoms with Crippen molar-refractivity contribution in [2.75, 3.05) is 11.8 Å². The van der Waals surface area contributed by atoms with E-state index in [1.165, 1.54) is 25.7 Å². The number of nitrogens with one attached hydrogen (secondary N) is 2. The van der Waals surface area contributed by atoms with Crippen LogP contribution < -0.4 is 9.46 Å². The van der Waals surface area contributed by atoms with Crippen molar-refractivity contribution in [3.05, 3.63) is 78.6 Å². The number of H-pyrrole nitrogens is 1. The molecule has 13 heteroatoms. The monoisotopic (exact) mass is 507 g/mol. The standard InChI is InChI=1S/C23H15F2N7O3S/c1-35-23-18(8-13(9-26)10-29-23)36(33,34)31-16-4-3-15(24)19(20(16)25)14-2-5-17-21(22-27-6-7-28-22)30-12-32(17)11-14/h2-8,10-12,31H,1H3,(H,27,28). The molecule has 4 aromatic heterocycles. The molecule has 5 rings (SSSR count). The fourth-order valence-corrected chi connectivity index (χ4v) is 4.86. The summed E-state index contributed by atoms with van der Waals surface area (Å²) in [6.07, 6.45) is 7.30. The number of nitrogens with zero attached hydrogens (tertiary/aromatic N) is 5. The Morgan fingerprint density at radius 1 is 1.17 bits per heavy atom. The van der Waals surface area contributed by atoms with E-state index in [0.29, 0.717) is 17.0 Å². The van der Waals surface area contributed by atoms with E-state index in [1.54, 1.807) is 28.9 Å². The fraction of sp³-hybridized carbons (Fsp3) is 0.0435. The number of hydrogen-bond donors (Lipinski definition) is 2. The first-order valence-electron chi connectivity index (χ1n) is 10.2. The van der Waals surface area contributed by atoms with E-state index in [9.17, 15) is 12.8 Å². The largest absolute Gasteiger partial charge is 0.480 e. The molecular weight excluding hydrogens is 492 g/mol. The number of imidazole rings is 2. The lowest BCUT2D eigenvalue weighted by atomic mass is 10.0. The Hall–Kier alpha value is -4.83. The van der Waals surface area contributed by atoms with Crippen molar-refractivity contribution in [3.8, 4) is 34.6 Å². The molecule has 0 aliphatic carbocycles. The average Bonchev–Trinajstić information content (AvgIpc) is 3.55. The second kappa shape index (κ2) is 8.75. The number of fused-ring (bicyclic) bond motifs is 1. The molecule has 0 radical (unpaired) electrons. The van der Waals surface area contributed by atoms with Gasteiger partial charge in [0.25, 0.3) is 10.0 Å². The quantitative estimate of drug-likeness (QED) is 0.357. The number of pyridine rings is 2. The number of hydrogen-bond acceptors (Lipinski definition) is 7. The van der Waals surface area contributed by atoms with Crippen LogP contribution in [0.2, 0.25) is 0 Å². The Morgan fingerprint density at radius 3 is 2.72 bits per heavy atom. The van der Waals surface area contributed by atoms with Gasteiger partial charge in [-0.15, -0.1) is 0 Å². The third kappa shape index (κ3) is 3.89. The summed E-state index contributed by atoms with van der Waals surface area (Å²) >= 11 is 0. The summed E-state index contributed by atoms with van der Waals surface area (Å²) in [5, 5.41) is 9.09. The second-order valence-corrected chi connectivity index (χ2v) is 9.12. The van der Waals surface area contributed by atoms with Gasteiger partial charge in [-0.25, -0.2) is 32.2 Å². The average molecular weight is 507 g/mol. The van der Waals surface area contributed by atoms with Gasteiger partial charge in [0.2, 0.25) is 5.88 Å². The van der Waals surface area contributed by atoms with Gasteiger partial charge in [-0.1, -0.05) is 6.07 Å². The molecule has 0 saturated carbocycles. The van der Waals surface area contributed by atoms with Gasteiger partial charge in [0.1, 0.15) is 23.9 Å². The fourth-order valence-electron chi connectivity index (χ4n) is 3.66. The number of aromatic nitrogens is 5. The number of aromatic amines is 1. The van der Waals surface area contributed by atoms with Crippen LogP contribution in [-0.4, -0.2) is 39.9 Å². The molecule has 4 heterocycles. The van der Waals surface area contributed by atoms with E-state index in [0.717, 1.165) is 24.4 Å². The molecule has 36 heavy (non-hydrogen) atoms. The normalized spacial score (nSPS) is 11.4. The summed E-state index contributed by atoms with van der Waals surface area (Å²) in [6, 6.07) is 7.85. The van der Waals surface area contributed by atoms with Crippen LogP contribution in [0.15, 0.2) is 66.3 Å². The molecule has 0 atom stereocenters. The highest BCUT2D eigenvalue weighted by Crippen LogP contribution is 2.33. The predicted octanol–water partition coefficient (Wildman–Crippen LogP) is 3.75. The van der Waals surface area contributed by atoms with Crippen molar-refractivity contribution in [2.24, 2.45) is 0 Å². The summed E-state index contributed by atoms with van der Waals surface area (Å²) in [6.45, 7) is 0. The van der Waals surface area contributed by atoms with E-state index in [4.69, 9.17) is 10.00 Å². The first-order chi connectivity index (χ1) is 17.3. The smallest absolute Gasteiger partial charge is 0.267 e. The van der Waals surface area contributed by atoms with Crippen LogP contribution in [0.3, 0.4) is 0 Å². The molecule has 10 nitrogen and oxygen atoms in total. The molecule has 1 aromatic carbocycles. The number of ether oxygens (including phenoxy) is 1. The van der Waals surface area contributed by atoms with Crippen LogP contribution in [0.4, 0.5) is 14.5 Å². The van der Waals surface area contributed by atoms with Gasteiger partial charge in [0.05, 0.1) is 29.4 Å². The Kier molecular flexibility index (Phi) is 5.57. The van der Waals surface area contributed by atoms with E-state index < -0.39 is 37.8 Å². The Bertz CT molecular complexity index is 1760. The van der Waals surface area contributed by atoms with Crippen molar-refractivity contribution in [2.45, 2.75) is 4.90 Å². The van der Waals surface area contributed by atoms with E-state index in [-0.39, 0.29) is 17.0 Å². The molecule has 2 N–H and O–H groups in total. The number of methoxy groups -OCH3 is 1. The SMILES string of the molecule is COc1ncc(C#N)cc1S(=O)(=O)Nc1ccc(F)c(-c2ccc3c(-c4ncc[nH]4)ncn3c2)c1F. The maximum absolute atomic E-state index is 15.5. The zero-order valence-corrected chi connectivity index (χ0v) is 19.2. The molecule has 0 bridgehead atoms. The van der Waals surface area contributed by atoms with Crippen LogP contribution in [0.5, 0.6) is 5.88 Å². The van der Waals surface area contributed by atoms with E-state index >= 15 is 4.39 Å². The van der Waals surface area contributed by atoms with Crippen molar-refractivity contribution in [3.63, 3.8) is 0 Å². The zero-order chi connectivity index (χ0) is 25.4. The Balaban J connectivity index is 1.56. The highest BCUT2D eigenvalue weighted by Gasteiger charge is 2.25. The van der Waals surface area contributed by atoms with Gasteiger partial charge < -0.3 is 14.1 Å². The van der Waals surface area contributed by atoms with Crippen LogP contribution in [-0.2, 0) is 10.0 Å². The van der Waals surface area contributed by atoms with Gasteiger partial charge in [-0.3, -0.25) is 4.72 Å². The number of anilines is 1. The van der Waals surface area contributed by atoms with Crippen molar-refractivity contribution in [1.29, 1.82) is 5.26 Å². The lowest BCUT2D eigenvalue weighted by molar-refractivity contribution is 0.385. The van der Waals surface area contributed by atoms with Crippen molar-refractivity contribution < 1.29 is 21.9 Å². The van der Waals surface area contributed by atoms with Crippen molar-refractivity contribution >= 4 is 21.2 Å². The van der Waals surface area contributed by atoms with E-state index in [1.807, 2.05) is 0 Å². The first-order valence-corrected chi connectivity index (χ1v) is 11.7. The summed E-state index contributed by atoms with van der Waals surface area (Å²) in [5.74, 6) is -1.79. The minimum Gasteiger partial charge on any atom is -0.480 e. The third-order valence-electron chi connectivity index (χ3n) is 5.31. The lowest BCUT2D eigenvalue weighted by Gasteiger charge is -2.14. The highest BCUT2D eigenvalue weighted by atomic mass is 32.2. The van der Waals surface area contributed by atoms with E-state index in [2.05, 4.69) is 24.7 Å². The van der Waals surface area contributed by atoms with Crippen LogP contribution in [0.25, 0.3) is 28.2 Å². The molecule has 0 aliphatic rings. The summed E-state index contributed by atoms with van der Waals surface area (Å²) in [5.41, 5.74) is 0.352. The Labute approximate surface area is 202 Å². The number of sulfonamides is 1. The van der Waals surface area contributed by atoms with Gasteiger partial charge in [0.15, 0.2) is 16.5 Å². The molecule has 0 fully saturated rings. The second-order valence-electron chi connectivity index (χ2n) is 7.47. The molecular formula is C23H15F2N7O3S. The lowest BCUT2D eigenvalue weighted by Crippen LogP contribution is -2.16. The predicted molar refractivity (Wildman–Crippen MR) is 124 cm³/mol. The van der Waals surface area contributed by atoms with Crippen LogP contribution >= 0.6 is 0 Å². The van der Waals surface area contributed by atoms with Crippen LogP contribution in [0.1, 0.15) is 5.56 Å². The van der Waals surface area contributed by atoms with Gasteiger partial charge in [-0.05, 0) is 24.3 Å². The van der Waals surface area contributed by atoms with Gasteiger partial charge in [-0.2, -0.15) is 5.26 Å². The highest BCUT2D eigenvalue weighted by molar-refractivity contribution is 7.92. The zero-order valence-electron chi connectivity index (χ0n) is 18.4. The molecule has 0 unspecified atom stereocenters. The molecule has 0 amide bonds. The molecule has 5 aromatic rings. The number of nitriles is 1. The number of rotatable bonds is 6. The van der Waals surface area contributed by atoms with Gasteiger partial charge >= 0.3 is 0 Å². The first kappa shape index (κ1) is 22.9. The number of benzene rings is 1. The summed E-state index contributed by atoms with van der Waals surface area (Å²) in [4.78, 5) is 14.7.